The Kier molecular flexibility index (Phi) is 5.06. The number of halogens is 1. The van der Waals surface area contributed by atoms with Gasteiger partial charge in [0, 0.05) is 9.37 Å². The zero-order valence-electron chi connectivity index (χ0n) is 17.7. The van der Waals surface area contributed by atoms with Crippen LogP contribution in [0.3, 0.4) is 0 Å². The van der Waals surface area contributed by atoms with Crippen LogP contribution < -0.4 is 19.9 Å². The number of aromatic nitrogens is 4. The van der Waals surface area contributed by atoms with E-state index in [2.05, 4.69) is 37.6 Å². The van der Waals surface area contributed by atoms with Crippen LogP contribution in [0.2, 0.25) is 0 Å². The zero-order valence-corrected chi connectivity index (χ0v) is 20.1. The minimum absolute atomic E-state index is 0.110. The van der Waals surface area contributed by atoms with Gasteiger partial charge in [0.05, 0.1) is 19.5 Å². The van der Waals surface area contributed by atoms with E-state index in [0.29, 0.717) is 28.3 Å². The molecule has 1 unspecified atom stereocenters. The second kappa shape index (κ2) is 8.11. The second-order valence-electron chi connectivity index (χ2n) is 8.01. The quantitative estimate of drug-likeness (QED) is 0.375. The van der Waals surface area contributed by atoms with Crippen LogP contribution in [0.15, 0.2) is 57.3 Å². The highest BCUT2D eigenvalue weighted by atomic mass is 79.9. The van der Waals surface area contributed by atoms with E-state index in [-0.39, 0.29) is 12.8 Å². The molecule has 10 heteroatoms. The first-order chi connectivity index (χ1) is 16.1. The van der Waals surface area contributed by atoms with Crippen molar-refractivity contribution in [3.63, 3.8) is 0 Å². The maximum absolute atomic E-state index is 6.21. The first-order valence-corrected chi connectivity index (χ1v) is 12.1. The third-order valence-electron chi connectivity index (χ3n) is 5.88. The third-order valence-corrected chi connectivity index (χ3v) is 7.72. The van der Waals surface area contributed by atoms with Gasteiger partial charge >= 0.3 is 0 Å². The van der Waals surface area contributed by atoms with Crippen molar-refractivity contribution >= 4 is 33.5 Å². The van der Waals surface area contributed by atoms with Gasteiger partial charge in [-0.25, -0.2) is 15.0 Å². The fourth-order valence-corrected chi connectivity index (χ4v) is 5.46. The fraction of sp³-hybridized carbons (Fsp3) is 0.261. The van der Waals surface area contributed by atoms with Crippen molar-refractivity contribution in [3.05, 3.63) is 52.8 Å². The van der Waals surface area contributed by atoms with Gasteiger partial charge in [-0.3, -0.25) is 0 Å². The first kappa shape index (κ1) is 20.6. The highest BCUT2D eigenvalue weighted by Crippen LogP contribution is 2.47. The minimum Gasteiger partial charge on any atom is -0.497 e. The van der Waals surface area contributed by atoms with E-state index in [4.69, 9.17) is 29.9 Å². The van der Waals surface area contributed by atoms with Crippen molar-refractivity contribution in [3.8, 4) is 28.8 Å². The van der Waals surface area contributed by atoms with E-state index in [0.717, 1.165) is 39.5 Å². The molecule has 4 aliphatic rings. The van der Waals surface area contributed by atoms with Gasteiger partial charge in [-0.05, 0) is 76.3 Å². The Labute approximate surface area is 203 Å². The number of fused-ring (bicyclic) bond motifs is 2. The number of rotatable bonds is 6. The molecular weight excluding hydrogens is 506 g/mol. The van der Waals surface area contributed by atoms with Crippen molar-refractivity contribution < 1.29 is 14.2 Å². The highest BCUT2D eigenvalue weighted by molar-refractivity contribution is 9.10. The Bertz CT molecular complexity index is 1310. The molecule has 2 aromatic carbocycles. The molecule has 168 valence electrons. The van der Waals surface area contributed by atoms with Crippen molar-refractivity contribution in [1.29, 1.82) is 0 Å². The number of benzene rings is 2. The van der Waals surface area contributed by atoms with Gasteiger partial charge in [-0.1, -0.05) is 12.1 Å². The maximum atomic E-state index is 6.21. The molecule has 8 nitrogen and oxygen atoms in total. The van der Waals surface area contributed by atoms with Gasteiger partial charge in [0.25, 0.3) is 0 Å². The maximum Gasteiger partial charge on any atom is 0.231 e. The van der Waals surface area contributed by atoms with Crippen LogP contribution in [0, 0.1) is 5.92 Å². The summed E-state index contributed by atoms with van der Waals surface area (Å²) in [5, 5.41) is 0.599. The number of nitrogens with two attached hydrogens (primary N) is 1. The molecule has 1 atom stereocenters. The molecule has 1 aliphatic carbocycles. The van der Waals surface area contributed by atoms with Crippen molar-refractivity contribution in [1.82, 2.24) is 19.5 Å². The Morgan fingerprint density at radius 2 is 1.91 bits per heavy atom. The van der Waals surface area contributed by atoms with Gasteiger partial charge < -0.3 is 24.5 Å². The minimum atomic E-state index is 0.110. The number of nitrogen functional groups attached to an aromatic ring is 1. The molecule has 0 radical (unpaired) electrons. The number of hydrogen-bond acceptors (Lipinski definition) is 8. The van der Waals surface area contributed by atoms with Crippen LogP contribution in [0.1, 0.15) is 24.4 Å². The predicted molar refractivity (Wildman–Crippen MR) is 127 cm³/mol. The number of methoxy groups -OCH3 is 1. The van der Waals surface area contributed by atoms with E-state index in [9.17, 15) is 0 Å². The molecule has 0 saturated heterocycles. The standard InChI is InChI=1S/C23H20BrN5O3S/c1-30-14-6-4-13(5-7-14)20(12-2-3-12)29-10-26-21(25)19-22(29)28-23(27-19)33-18-9-17-16(8-15(18)24)31-11-32-17/h4-10,12,20H,2-3,11,25H2,1H3. The van der Waals surface area contributed by atoms with E-state index in [1.165, 1.54) is 17.3 Å². The van der Waals surface area contributed by atoms with Crippen LogP contribution in [0.25, 0.3) is 11.5 Å². The van der Waals surface area contributed by atoms with E-state index in [1.807, 2.05) is 24.3 Å². The third kappa shape index (κ3) is 3.76. The summed E-state index contributed by atoms with van der Waals surface area (Å²) in [4.78, 5) is 15.0. The number of nitrogens with zero attached hydrogens (tertiary/aromatic N) is 4. The molecule has 1 fully saturated rings. The van der Waals surface area contributed by atoms with Crippen LogP contribution in [0.4, 0.5) is 5.82 Å². The molecule has 1 saturated carbocycles. The van der Waals surface area contributed by atoms with Crippen molar-refractivity contribution in [2.24, 2.45) is 5.92 Å². The first-order valence-electron chi connectivity index (χ1n) is 10.5. The zero-order chi connectivity index (χ0) is 22.5. The fourth-order valence-electron chi connectivity index (χ4n) is 4.10. The molecule has 2 N–H and O–H groups in total. The molecule has 6 rings (SSSR count). The second-order valence-corrected chi connectivity index (χ2v) is 9.87. The van der Waals surface area contributed by atoms with Gasteiger partial charge in [0.15, 0.2) is 34.0 Å². The monoisotopic (exact) mass is 525 g/mol. The largest absolute Gasteiger partial charge is 0.497 e. The average molecular weight is 526 g/mol. The molecule has 33 heavy (non-hydrogen) atoms. The number of ether oxygens (including phenoxy) is 3. The van der Waals surface area contributed by atoms with E-state index in [1.54, 1.807) is 13.4 Å². The Hall–Kier alpha value is -2.98. The SMILES string of the molecule is COc1ccc(C(C2CC2)n2cnc(N)c3nc(Sc4cc5c(cc4Br)OCO5)nc2-3)cc1. The van der Waals surface area contributed by atoms with Crippen LogP contribution in [-0.2, 0) is 0 Å². The molecule has 3 heterocycles. The Morgan fingerprint density at radius 1 is 1.15 bits per heavy atom. The van der Waals surface area contributed by atoms with E-state index >= 15 is 0 Å². The summed E-state index contributed by atoms with van der Waals surface area (Å²) in [6.07, 6.45) is 4.11. The molecule has 0 bridgehead atoms. The normalized spacial score (nSPS) is 15.7. The summed E-state index contributed by atoms with van der Waals surface area (Å²) < 4.78 is 19.3. The van der Waals surface area contributed by atoms with Gasteiger partial charge in [0.1, 0.15) is 5.75 Å². The highest BCUT2D eigenvalue weighted by Gasteiger charge is 2.36. The molecule has 0 aromatic heterocycles. The molecule has 0 spiro atoms. The number of imidazole rings is 1. The summed E-state index contributed by atoms with van der Waals surface area (Å²) in [5.74, 6) is 3.89. The summed E-state index contributed by atoms with van der Waals surface area (Å²) in [5.41, 5.74) is 8.00. The van der Waals surface area contributed by atoms with Gasteiger partial charge in [0.2, 0.25) is 6.79 Å². The van der Waals surface area contributed by atoms with E-state index < -0.39 is 0 Å². The lowest BCUT2D eigenvalue weighted by Crippen LogP contribution is -2.17. The average Bonchev–Trinajstić information content (AvgIpc) is 3.39. The smallest absolute Gasteiger partial charge is 0.231 e. The topological polar surface area (TPSA) is 97.3 Å². The Morgan fingerprint density at radius 3 is 2.64 bits per heavy atom. The lowest BCUT2D eigenvalue weighted by Gasteiger charge is -2.23. The molecular formula is C23H20BrN5O3S. The summed E-state index contributed by atoms with van der Waals surface area (Å²) in [6.45, 7) is 0.225. The Balaban J connectivity index is 1.40. The summed E-state index contributed by atoms with van der Waals surface area (Å²) in [7, 11) is 1.67. The van der Waals surface area contributed by atoms with Gasteiger partial charge in [-0.15, -0.1) is 0 Å². The van der Waals surface area contributed by atoms with Crippen LogP contribution in [-0.4, -0.2) is 33.4 Å². The molecule has 0 amide bonds. The predicted octanol–water partition coefficient (Wildman–Crippen LogP) is 5.01. The summed E-state index contributed by atoms with van der Waals surface area (Å²) >= 11 is 5.05. The molecule has 2 aromatic rings. The van der Waals surface area contributed by atoms with Crippen molar-refractivity contribution in [2.45, 2.75) is 28.9 Å². The van der Waals surface area contributed by atoms with Crippen LogP contribution in [0.5, 0.6) is 17.2 Å². The lowest BCUT2D eigenvalue weighted by atomic mass is 10.0. The lowest BCUT2D eigenvalue weighted by molar-refractivity contribution is 0.174. The molecule has 3 aliphatic heterocycles. The number of hydrogen-bond donors (Lipinski definition) is 1. The van der Waals surface area contributed by atoms with Gasteiger partial charge in [-0.2, -0.15) is 0 Å². The summed E-state index contributed by atoms with van der Waals surface area (Å²) in [6, 6.07) is 12.1. The van der Waals surface area contributed by atoms with Crippen LogP contribution >= 0.6 is 27.7 Å². The number of anilines is 1. The van der Waals surface area contributed by atoms with Crippen molar-refractivity contribution in [2.75, 3.05) is 19.6 Å².